The van der Waals surface area contributed by atoms with Crippen molar-refractivity contribution in [1.29, 1.82) is 0 Å². The molecule has 0 bridgehead atoms. The number of likely N-dealkylation sites (tertiary alicyclic amines) is 1. The minimum Gasteiger partial charge on any atom is -0.471 e. The summed E-state index contributed by atoms with van der Waals surface area (Å²) in [4.78, 5) is 23.4. The Kier molecular flexibility index (Phi) is 3.67. The van der Waals surface area contributed by atoms with Crippen LogP contribution in [0.5, 0.6) is 5.88 Å². The number of hydrogen-bond donors (Lipinski definition) is 0. The number of aromatic nitrogens is 2. The molecule has 4 rings (SSSR count). The van der Waals surface area contributed by atoms with Crippen LogP contribution in [-0.2, 0) is 0 Å². The van der Waals surface area contributed by atoms with Gasteiger partial charge in [-0.25, -0.2) is 4.98 Å². The molecular formula is C17H15N3O2S. The van der Waals surface area contributed by atoms with Crippen LogP contribution >= 0.6 is 11.3 Å². The quantitative estimate of drug-likeness (QED) is 0.743. The molecule has 1 atom stereocenters. The summed E-state index contributed by atoms with van der Waals surface area (Å²) in [5, 5.41) is 1.12. The third-order valence-electron chi connectivity index (χ3n) is 3.90. The second-order valence-electron chi connectivity index (χ2n) is 5.47. The zero-order valence-corrected chi connectivity index (χ0v) is 13.2. The molecule has 0 unspecified atom stereocenters. The fourth-order valence-electron chi connectivity index (χ4n) is 2.77. The lowest BCUT2D eigenvalue weighted by atomic mass is 10.2. The molecule has 0 saturated carbocycles. The highest BCUT2D eigenvalue weighted by atomic mass is 32.1. The molecule has 1 saturated heterocycles. The lowest BCUT2D eigenvalue weighted by molar-refractivity contribution is 0.0776. The molecule has 1 fully saturated rings. The van der Waals surface area contributed by atoms with Crippen LogP contribution in [0, 0.1) is 0 Å². The van der Waals surface area contributed by atoms with E-state index < -0.39 is 0 Å². The van der Waals surface area contributed by atoms with Crippen molar-refractivity contribution >= 4 is 27.3 Å². The highest BCUT2D eigenvalue weighted by Gasteiger charge is 2.29. The van der Waals surface area contributed by atoms with Crippen molar-refractivity contribution in [3.05, 3.63) is 53.8 Å². The van der Waals surface area contributed by atoms with Gasteiger partial charge in [0.1, 0.15) is 6.10 Å². The molecule has 0 radical (unpaired) electrons. The van der Waals surface area contributed by atoms with Crippen molar-refractivity contribution in [2.45, 2.75) is 12.5 Å². The summed E-state index contributed by atoms with van der Waals surface area (Å²) in [6.07, 6.45) is 5.59. The molecule has 1 aromatic carbocycles. The Labute approximate surface area is 137 Å². The Morgan fingerprint density at radius 3 is 3.04 bits per heavy atom. The maximum absolute atomic E-state index is 12.7. The smallest absolute Gasteiger partial charge is 0.264 e. The van der Waals surface area contributed by atoms with Gasteiger partial charge in [0.2, 0.25) is 5.88 Å². The number of thiophene rings is 1. The van der Waals surface area contributed by atoms with E-state index in [1.54, 1.807) is 29.9 Å². The van der Waals surface area contributed by atoms with E-state index in [0.717, 1.165) is 21.4 Å². The number of amides is 1. The molecule has 6 heteroatoms. The molecule has 1 amide bonds. The van der Waals surface area contributed by atoms with Crippen LogP contribution in [0.25, 0.3) is 10.1 Å². The lowest BCUT2D eigenvalue weighted by Gasteiger charge is -2.15. The highest BCUT2D eigenvalue weighted by Crippen LogP contribution is 2.27. The van der Waals surface area contributed by atoms with Crippen LogP contribution in [-0.4, -0.2) is 40.0 Å². The number of rotatable bonds is 3. The van der Waals surface area contributed by atoms with Crippen LogP contribution in [0.4, 0.5) is 0 Å². The van der Waals surface area contributed by atoms with E-state index in [-0.39, 0.29) is 12.0 Å². The van der Waals surface area contributed by atoms with Gasteiger partial charge >= 0.3 is 0 Å². The molecule has 2 aromatic heterocycles. The topological polar surface area (TPSA) is 55.3 Å². The summed E-state index contributed by atoms with van der Waals surface area (Å²) >= 11 is 1.54. The zero-order valence-electron chi connectivity index (χ0n) is 12.4. The van der Waals surface area contributed by atoms with Crippen molar-refractivity contribution in [2.24, 2.45) is 0 Å². The monoisotopic (exact) mass is 325 g/mol. The largest absolute Gasteiger partial charge is 0.471 e. The average molecular weight is 325 g/mol. The van der Waals surface area contributed by atoms with Crippen LogP contribution in [0.2, 0.25) is 0 Å². The summed E-state index contributed by atoms with van der Waals surface area (Å²) in [5.74, 6) is 0.588. The van der Waals surface area contributed by atoms with Gasteiger partial charge in [0.25, 0.3) is 5.91 Å². The van der Waals surface area contributed by atoms with Gasteiger partial charge in [-0.05, 0) is 17.5 Å². The summed E-state index contributed by atoms with van der Waals surface area (Å²) in [6, 6.07) is 10.0. The van der Waals surface area contributed by atoms with Crippen molar-refractivity contribution in [1.82, 2.24) is 14.9 Å². The lowest BCUT2D eigenvalue weighted by Crippen LogP contribution is -2.30. The summed E-state index contributed by atoms with van der Waals surface area (Å²) in [5.41, 5.74) is 0. The molecule has 0 N–H and O–H groups in total. The van der Waals surface area contributed by atoms with Gasteiger partial charge in [-0.3, -0.25) is 9.78 Å². The molecule has 0 spiro atoms. The third-order valence-corrected chi connectivity index (χ3v) is 5.00. The predicted molar refractivity (Wildman–Crippen MR) is 88.8 cm³/mol. The molecular weight excluding hydrogens is 310 g/mol. The first-order valence-corrected chi connectivity index (χ1v) is 8.32. The number of ether oxygens (including phenoxy) is 1. The molecule has 116 valence electrons. The van der Waals surface area contributed by atoms with E-state index in [2.05, 4.69) is 9.97 Å². The van der Waals surface area contributed by atoms with Gasteiger partial charge in [0.15, 0.2) is 0 Å². The Hall–Kier alpha value is -2.47. The van der Waals surface area contributed by atoms with Crippen LogP contribution in [0.3, 0.4) is 0 Å². The van der Waals surface area contributed by atoms with E-state index in [4.69, 9.17) is 4.74 Å². The molecule has 23 heavy (non-hydrogen) atoms. The molecule has 1 aliphatic heterocycles. The second-order valence-corrected chi connectivity index (χ2v) is 6.56. The molecule has 0 aliphatic carbocycles. The SMILES string of the molecule is O=C(c1cc2ccccc2s1)N1CC[C@H](Oc2cnccn2)C1. The molecule has 1 aliphatic rings. The van der Waals surface area contributed by atoms with Crippen LogP contribution < -0.4 is 4.74 Å². The van der Waals surface area contributed by atoms with Crippen molar-refractivity contribution < 1.29 is 9.53 Å². The predicted octanol–water partition coefficient (Wildman–Crippen LogP) is 2.98. The zero-order chi connectivity index (χ0) is 15.6. The first-order valence-electron chi connectivity index (χ1n) is 7.50. The Morgan fingerprint density at radius 1 is 1.30 bits per heavy atom. The van der Waals surface area contributed by atoms with E-state index in [1.807, 2.05) is 35.2 Å². The highest BCUT2D eigenvalue weighted by molar-refractivity contribution is 7.20. The summed E-state index contributed by atoms with van der Waals surface area (Å²) in [6.45, 7) is 1.29. The first kappa shape index (κ1) is 14.1. The first-order chi connectivity index (χ1) is 11.3. The minimum absolute atomic E-state index is 0.0231. The fourth-order valence-corrected chi connectivity index (χ4v) is 3.80. The van der Waals surface area contributed by atoms with Crippen molar-refractivity contribution in [3.63, 3.8) is 0 Å². The minimum atomic E-state index is -0.0231. The average Bonchev–Trinajstić information content (AvgIpc) is 3.21. The maximum atomic E-state index is 12.7. The summed E-state index contributed by atoms with van der Waals surface area (Å²) < 4.78 is 6.93. The van der Waals surface area contributed by atoms with Crippen LogP contribution in [0.15, 0.2) is 48.9 Å². The van der Waals surface area contributed by atoms with Gasteiger partial charge in [-0.15, -0.1) is 11.3 Å². The number of carbonyl (C=O) groups is 1. The summed E-state index contributed by atoms with van der Waals surface area (Å²) in [7, 11) is 0. The van der Waals surface area contributed by atoms with E-state index in [0.29, 0.717) is 19.0 Å². The number of carbonyl (C=O) groups excluding carboxylic acids is 1. The molecule has 5 nitrogen and oxygen atoms in total. The van der Waals surface area contributed by atoms with Gasteiger partial charge in [0, 0.05) is 30.1 Å². The number of fused-ring (bicyclic) bond motifs is 1. The second kappa shape index (κ2) is 5.96. The number of nitrogens with zero attached hydrogens (tertiary/aromatic N) is 3. The normalized spacial score (nSPS) is 17.6. The van der Waals surface area contributed by atoms with Gasteiger partial charge in [-0.2, -0.15) is 0 Å². The molecule has 3 aromatic rings. The van der Waals surface area contributed by atoms with E-state index in [9.17, 15) is 4.79 Å². The van der Waals surface area contributed by atoms with E-state index in [1.165, 1.54) is 0 Å². The van der Waals surface area contributed by atoms with Gasteiger partial charge < -0.3 is 9.64 Å². The van der Waals surface area contributed by atoms with Gasteiger partial charge in [0.05, 0.1) is 17.6 Å². The number of hydrogen-bond acceptors (Lipinski definition) is 5. The molecule has 3 heterocycles. The van der Waals surface area contributed by atoms with Gasteiger partial charge in [-0.1, -0.05) is 18.2 Å². The maximum Gasteiger partial charge on any atom is 0.264 e. The van der Waals surface area contributed by atoms with E-state index >= 15 is 0 Å². The van der Waals surface area contributed by atoms with Crippen molar-refractivity contribution in [3.8, 4) is 5.88 Å². The standard InChI is InChI=1S/C17H15N3O2S/c21-17(15-9-12-3-1-2-4-14(12)23-15)20-8-5-13(11-20)22-16-10-18-6-7-19-16/h1-4,6-7,9-10,13H,5,8,11H2/t13-/m0/s1. The fraction of sp³-hybridized carbons (Fsp3) is 0.235. The Bertz CT molecular complexity index is 801. The third kappa shape index (κ3) is 2.90. The Morgan fingerprint density at radius 2 is 2.22 bits per heavy atom. The van der Waals surface area contributed by atoms with Crippen molar-refractivity contribution in [2.75, 3.05) is 13.1 Å². The number of benzene rings is 1. The Balaban J connectivity index is 1.45. The van der Waals surface area contributed by atoms with Crippen LogP contribution in [0.1, 0.15) is 16.1 Å².